The van der Waals surface area contributed by atoms with Crippen LogP contribution in [0.4, 0.5) is 0 Å². The lowest BCUT2D eigenvalue weighted by molar-refractivity contribution is -0.143. The number of likely N-dealkylation sites (tertiary alicyclic amines) is 1. The molecule has 3 aliphatic rings. The first-order valence-electron chi connectivity index (χ1n) is 9.48. The second kappa shape index (κ2) is 7.40. The summed E-state index contributed by atoms with van der Waals surface area (Å²) in [5.74, 6) is 2.46. The molecule has 0 radical (unpaired) electrons. The zero-order chi connectivity index (χ0) is 17.2. The molecule has 1 unspecified atom stereocenters. The predicted octanol–water partition coefficient (Wildman–Crippen LogP) is 3.02. The fourth-order valence-electron chi connectivity index (χ4n) is 4.52. The van der Waals surface area contributed by atoms with Crippen molar-refractivity contribution in [1.82, 2.24) is 9.80 Å². The number of benzene rings is 1. The fraction of sp³-hybridized carbons (Fsp3) is 0.600. The molecule has 25 heavy (non-hydrogen) atoms. The Bertz CT molecular complexity index is 657. The number of aryl methyl sites for hydroxylation is 1. The highest BCUT2D eigenvalue weighted by molar-refractivity contribution is 7.99. The Balaban J connectivity index is 1.45. The van der Waals surface area contributed by atoms with E-state index in [-0.39, 0.29) is 17.9 Å². The number of carbonyl (C=O) groups excluding carboxylic acids is 2. The lowest BCUT2D eigenvalue weighted by atomic mass is 9.81. The van der Waals surface area contributed by atoms with Crippen molar-refractivity contribution in [3.8, 4) is 0 Å². The third-order valence-corrected chi connectivity index (χ3v) is 6.80. The second-order valence-electron chi connectivity index (χ2n) is 7.38. The van der Waals surface area contributed by atoms with E-state index in [1.807, 2.05) is 9.80 Å². The zero-order valence-corrected chi connectivity index (χ0v) is 15.5. The number of carbonyl (C=O) groups is 2. The highest BCUT2D eigenvalue weighted by atomic mass is 32.2. The standard InChI is InChI=1S/C20H26N2O2S/c23-19(13-16-7-3-6-15-5-1-2-8-17(15)16)22-10-4-9-18(22)20(24)21-11-12-25-14-21/h1-2,5,8,16,18H,3-4,6-7,9-14H2/t16?,18-/m1/s1. The number of fused-ring (bicyclic) bond motifs is 1. The summed E-state index contributed by atoms with van der Waals surface area (Å²) >= 11 is 1.80. The molecule has 5 heteroatoms. The predicted molar refractivity (Wildman–Crippen MR) is 101 cm³/mol. The monoisotopic (exact) mass is 358 g/mol. The molecule has 4 rings (SSSR count). The summed E-state index contributed by atoms with van der Waals surface area (Å²) in [6.45, 7) is 1.57. The molecule has 0 N–H and O–H groups in total. The normalized spacial score (nSPS) is 25.9. The molecule has 1 aromatic carbocycles. The van der Waals surface area contributed by atoms with Crippen molar-refractivity contribution < 1.29 is 9.59 Å². The Morgan fingerprint density at radius 2 is 2.00 bits per heavy atom. The van der Waals surface area contributed by atoms with Gasteiger partial charge in [-0.05, 0) is 49.1 Å². The van der Waals surface area contributed by atoms with Crippen molar-refractivity contribution in [2.45, 2.75) is 50.5 Å². The van der Waals surface area contributed by atoms with E-state index in [1.54, 1.807) is 11.8 Å². The first kappa shape index (κ1) is 17.0. The van der Waals surface area contributed by atoms with Crippen LogP contribution in [0.15, 0.2) is 24.3 Å². The molecule has 1 aliphatic carbocycles. The van der Waals surface area contributed by atoms with Gasteiger partial charge in [-0.3, -0.25) is 9.59 Å². The molecule has 2 fully saturated rings. The number of thioether (sulfide) groups is 1. The molecule has 2 atom stereocenters. The minimum absolute atomic E-state index is 0.167. The SMILES string of the molecule is O=C([C@H]1CCCN1C(=O)CC1CCCc2ccccc21)N1CCSC1. The maximum atomic E-state index is 13.0. The summed E-state index contributed by atoms with van der Waals surface area (Å²) in [5.41, 5.74) is 2.75. The number of hydrogen-bond donors (Lipinski definition) is 0. The molecule has 4 nitrogen and oxygen atoms in total. The number of nitrogens with zero attached hydrogens (tertiary/aromatic N) is 2. The molecule has 2 saturated heterocycles. The van der Waals surface area contributed by atoms with Crippen molar-refractivity contribution in [2.24, 2.45) is 0 Å². The first-order chi connectivity index (χ1) is 12.2. The Morgan fingerprint density at radius 3 is 2.84 bits per heavy atom. The number of hydrogen-bond acceptors (Lipinski definition) is 3. The van der Waals surface area contributed by atoms with Crippen LogP contribution in [0.5, 0.6) is 0 Å². The molecule has 134 valence electrons. The first-order valence-corrected chi connectivity index (χ1v) is 10.6. The Morgan fingerprint density at radius 1 is 1.12 bits per heavy atom. The topological polar surface area (TPSA) is 40.6 Å². The maximum absolute atomic E-state index is 13.0. The van der Waals surface area contributed by atoms with Crippen LogP contribution in [-0.2, 0) is 16.0 Å². The van der Waals surface area contributed by atoms with E-state index in [0.29, 0.717) is 12.3 Å². The minimum Gasteiger partial charge on any atom is -0.331 e. The zero-order valence-electron chi connectivity index (χ0n) is 14.7. The van der Waals surface area contributed by atoms with Crippen LogP contribution in [0.3, 0.4) is 0 Å². The summed E-state index contributed by atoms with van der Waals surface area (Å²) in [6, 6.07) is 8.32. The highest BCUT2D eigenvalue weighted by Crippen LogP contribution is 2.35. The van der Waals surface area contributed by atoms with Gasteiger partial charge in [-0.1, -0.05) is 24.3 Å². The van der Waals surface area contributed by atoms with Gasteiger partial charge in [0.25, 0.3) is 0 Å². The Kier molecular flexibility index (Phi) is 5.02. The van der Waals surface area contributed by atoms with E-state index >= 15 is 0 Å². The number of amides is 2. The van der Waals surface area contributed by atoms with E-state index in [1.165, 1.54) is 11.1 Å². The van der Waals surface area contributed by atoms with Gasteiger partial charge in [0.1, 0.15) is 6.04 Å². The average Bonchev–Trinajstić information content (AvgIpc) is 3.33. The molecule has 0 aromatic heterocycles. The maximum Gasteiger partial charge on any atom is 0.246 e. The van der Waals surface area contributed by atoms with Gasteiger partial charge in [0.05, 0.1) is 5.88 Å². The summed E-state index contributed by atoms with van der Waals surface area (Å²) < 4.78 is 0. The second-order valence-corrected chi connectivity index (χ2v) is 8.45. The Labute approximate surface area is 153 Å². The molecule has 1 aromatic rings. The van der Waals surface area contributed by atoms with E-state index in [2.05, 4.69) is 24.3 Å². The molecule has 2 heterocycles. The van der Waals surface area contributed by atoms with Gasteiger partial charge in [0.15, 0.2) is 0 Å². The van der Waals surface area contributed by atoms with E-state index in [4.69, 9.17) is 0 Å². The van der Waals surface area contributed by atoms with Gasteiger partial charge in [-0.15, -0.1) is 11.8 Å². The quantitative estimate of drug-likeness (QED) is 0.834. The van der Waals surface area contributed by atoms with Crippen molar-refractivity contribution in [2.75, 3.05) is 24.7 Å². The fourth-order valence-corrected chi connectivity index (χ4v) is 5.47. The van der Waals surface area contributed by atoms with Gasteiger partial charge in [0.2, 0.25) is 11.8 Å². The largest absolute Gasteiger partial charge is 0.331 e. The van der Waals surface area contributed by atoms with Crippen molar-refractivity contribution in [1.29, 1.82) is 0 Å². The molecular weight excluding hydrogens is 332 g/mol. The lowest BCUT2D eigenvalue weighted by Gasteiger charge is -2.30. The van der Waals surface area contributed by atoms with Crippen LogP contribution in [0.2, 0.25) is 0 Å². The summed E-state index contributed by atoms with van der Waals surface area (Å²) in [6.07, 6.45) is 5.69. The van der Waals surface area contributed by atoms with Crippen molar-refractivity contribution in [3.63, 3.8) is 0 Å². The summed E-state index contributed by atoms with van der Waals surface area (Å²) in [4.78, 5) is 29.6. The molecule has 2 aliphatic heterocycles. The van der Waals surface area contributed by atoms with Gasteiger partial charge in [-0.2, -0.15) is 0 Å². The van der Waals surface area contributed by atoms with E-state index < -0.39 is 0 Å². The molecule has 0 spiro atoms. The van der Waals surface area contributed by atoms with Gasteiger partial charge in [0, 0.05) is 25.3 Å². The van der Waals surface area contributed by atoms with Gasteiger partial charge in [-0.25, -0.2) is 0 Å². The lowest BCUT2D eigenvalue weighted by Crippen LogP contribution is -2.47. The molecular formula is C20H26N2O2S. The smallest absolute Gasteiger partial charge is 0.246 e. The molecule has 0 saturated carbocycles. The minimum atomic E-state index is -0.218. The van der Waals surface area contributed by atoms with Crippen LogP contribution in [0.1, 0.15) is 49.1 Å². The van der Waals surface area contributed by atoms with E-state index in [0.717, 1.165) is 56.8 Å². The van der Waals surface area contributed by atoms with Crippen LogP contribution in [0, 0.1) is 0 Å². The molecule has 2 amide bonds. The average molecular weight is 359 g/mol. The molecule has 0 bridgehead atoms. The van der Waals surface area contributed by atoms with Crippen molar-refractivity contribution >= 4 is 23.6 Å². The van der Waals surface area contributed by atoms with Crippen LogP contribution in [0.25, 0.3) is 0 Å². The third kappa shape index (κ3) is 3.43. The number of rotatable bonds is 3. The highest BCUT2D eigenvalue weighted by Gasteiger charge is 2.38. The van der Waals surface area contributed by atoms with Gasteiger partial charge < -0.3 is 9.80 Å². The van der Waals surface area contributed by atoms with Crippen molar-refractivity contribution in [3.05, 3.63) is 35.4 Å². The van der Waals surface area contributed by atoms with Gasteiger partial charge >= 0.3 is 0 Å². The van der Waals surface area contributed by atoms with E-state index in [9.17, 15) is 9.59 Å². The Hall–Kier alpha value is -1.49. The third-order valence-electron chi connectivity index (χ3n) is 5.84. The van der Waals surface area contributed by atoms with Crippen LogP contribution < -0.4 is 0 Å². The van der Waals surface area contributed by atoms with Crippen LogP contribution in [-0.4, -0.2) is 52.4 Å². The summed E-state index contributed by atoms with van der Waals surface area (Å²) in [7, 11) is 0. The van der Waals surface area contributed by atoms with Crippen LogP contribution >= 0.6 is 11.8 Å². The summed E-state index contributed by atoms with van der Waals surface area (Å²) in [5, 5.41) is 0.